The van der Waals surface area contributed by atoms with Gasteiger partial charge in [-0.2, -0.15) is 0 Å². The zero-order valence-electron chi connectivity index (χ0n) is 15.2. The summed E-state index contributed by atoms with van der Waals surface area (Å²) in [6, 6.07) is 11.3. The van der Waals surface area contributed by atoms with Crippen molar-refractivity contribution in [3.8, 4) is 0 Å². The number of fused-ring (bicyclic) bond motifs is 1. The van der Waals surface area contributed by atoms with Gasteiger partial charge in [0.15, 0.2) is 5.82 Å². The van der Waals surface area contributed by atoms with Gasteiger partial charge in [0.25, 0.3) is 18.2 Å². The molecule has 29 heavy (non-hydrogen) atoms. The third-order valence-electron chi connectivity index (χ3n) is 4.90. The molecule has 2 amide bonds. The highest BCUT2D eigenvalue weighted by atomic mass is 35.5. The summed E-state index contributed by atoms with van der Waals surface area (Å²) < 4.78 is 25.6. The molecule has 150 valence electrons. The topological polar surface area (TPSA) is 69.3 Å². The number of alkyl halides is 2. The van der Waals surface area contributed by atoms with Crippen molar-refractivity contribution in [2.45, 2.75) is 6.43 Å². The standard InChI is InChI=1S/C20H17ClF2N4O2/c21-14-4-1-12(2-5-14)19(28)26-7-9-27(10-8-26)20(29)13-3-6-15-16(11-13)25-18(24-15)17(22)23/h1-6,11,17H,7-10H2,(H,24,25). The summed E-state index contributed by atoms with van der Waals surface area (Å²) in [6.45, 7) is 1.60. The SMILES string of the molecule is O=C(c1ccc(Cl)cc1)N1CCN(C(=O)c2ccc3nc(C(F)F)[nH]c3c2)CC1. The van der Waals surface area contributed by atoms with Crippen molar-refractivity contribution in [3.63, 3.8) is 0 Å². The number of hydrogen-bond acceptors (Lipinski definition) is 3. The van der Waals surface area contributed by atoms with Crippen LogP contribution in [0.2, 0.25) is 5.02 Å². The first-order chi connectivity index (χ1) is 13.9. The molecule has 1 aliphatic heterocycles. The van der Waals surface area contributed by atoms with E-state index in [0.717, 1.165) is 0 Å². The van der Waals surface area contributed by atoms with Crippen molar-refractivity contribution in [2.75, 3.05) is 26.2 Å². The van der Waals surface area contributed by atoms with Crippen molar-refractivity contribution in [2.24, 2.45) is 0 Å². The normalized spacial score (nSPS) is 14.6. The Labute approximate surface area is 170 Å². The molecule has 2 aromatic carbocycles. The number of aromatic nitrogens is 2. The first-order valence-electron chi connectivity index (χ1n) is 9.04. The maximum atomic E-state index is 12.8. The van der Waals surface area contributed by atoms with Crippen molar-refractivity contribution >= 4 is 34.4 Å². The fourth-order valence-electron chi connectivity index (χ4n) is 3.34. The van der Waals surface area contributed by atoms with E-state index in [4.69, 9.17) is 11.6 Å². The number of rotatable bonds is 3. The maximum Gasteiger partial charge on any atom is 0.295 e. The smallest absolute Gasteiger partial charge is 0.295 e. The second-order valence-corrected chi connectivity index (χ2v) is 7.18. The fourth-order valence-corrected chi connectivity index (χ4v) is 3.46. The molecule has 1 aliphatic rings. The van der Waals surface area contributed by atoms with Gasteiger partial charge >= 0.3 is 0 Å². The van der Waals surface area contributed by atoms with Crippen molar-refractivity contribution < 1.29 is 18.4 Å². The molecule has 0 atom stereocenters. The van der Waals surface area contributed by atoms with E-state index in [2.05, 4.69) is 9.97 Å². The largest absolute Gasteiger partial charge is 0.337 e. The molecule has 0 radical (unpaired) electrons. The van der Waals surface area contributed by atoms with E-state index in [0.29, 0.717) is 53.4 Å². The molecule has 3 aromatic rings. The lowest BCUT2D eigenvalue weighted by molar-refractivity contribution is 0.0535. The maximum absolute atomic E-state index is 12.8. The van der Waals surface area contributed by atoms with E-state index in [-0.39, 0.29) is 11.8 Å². The van der Waals surface area contributed by atoms with Gasteiger partial charge in [0.2, 0.25) is 0 Å². The molecule has 1 fully saturated rings. The van der Waals surface area contributed by atoms with Crippen LogP contribution in [0.15, 0.2) is 42.5 Å². The second kappa shape index (κ2) is 7.79. The highest BCUT2D eigenvalue weighted by molar-refractivity contribution is 6.30. The lowest BCUT2D eigenvalue weighted by Crippen LogP contribution is -2.50. The molecule has 0 aliphatic carbocycles. The van der Waals surface area contributed by atoms with Crippen LogP contribution in [0, 0.1) is 0 Å². The number of carbonyl (C=O) groups excluding carboxylic acids is 2. The summed E-state index contributed by atoms with van der Waals surface area (Å²) in [6.07, 6.45) is -2.70. The number of piperazine rings is 1. The predicted molar refractivity (Wildman–Crippen MR) is 104 cm³/mol. The Morgan fingerprint density at radius 2 is 1.48 bits per heavy atom. The van der Waals surface area contributed by atoms with Gasteiger partial charge in [0.1, 0.15) is 0 Å². The molecule has 6 nitrogen and oxygen atoms in total. The number of benzene rings is 2. The Kier molecular flexibility index (Phi) is 5.19. The van der Waals surface area contributed by atoms with E-state index in [1.54, 1.807) is 46.2 Å². The van der Waals surface area contributed by atoms with Crippen LogP contribution >= 0.6 is 11.6 Å². The van der Waals surface area contributed by atoms with Crippen LogP contribution in [0.1, 0.15) is 33.0 Å². The number of hydrogen-bond donors (Lipinski definition) is 1. The van der Waals surface area contributed by atoms with Crippen LogP contribution in [0.3, 0.4) is 0 Å². The number of nitrogens with zero attached hydrogens (tertiary/aromatic N) is 3. The Balaban J connectivity index is 1.42. The number of carbonyl (C=O) groups is 2. The van der Waals surface area contributed by atoms with Crippen molar-refractivity contribution in [1.82, 2.24) is 19.8 Å². The van der Waals surface area contributed by atoms with Crippen LogP contribution in [0.25, 0.3) is 11.0 Å². The minimum absolute atomic E-state index is 0.104. The summed E-state index contributed by atoms with van der Waals surface area (Å²) >= 11 is 5.86. The number of amides is 2. The van der Waals surface area contributed by atoms with Gasteiger partial charge in [-0.1, -0.05) is 11.6 Å². The summed E-state index contributed by atoms with van der Waals surface area (Å²) in [5.41, 5.74) is 1.71. The first kappa shape index (κ1) is 19.3. The number of imidazole rings is 1. The molecule has 0 unspecified atom stereocenters. The van der Waals surface area contributed by atoms with Gasteiger partial charge < -0.3 is 14.8 Å². The second-order valence-electron chi connectivity index (χ2n) is 6.75. The molecule has 1 aromatic heterocycles. The van der Waals surface area contributed by atoms with Crippen molar-refractivity contribution in [3.05, 3.63) is 64.4 Å². The van der Waals surface area contributed by atoms with E-state index in [1.165, 1.54) is 6.07 Å². The van der Waals surface area contributed by atoms with Gasteiger partial charge in [0, 0.05) is 42.3 Å². The summed E-state index contributed by atoms with van der Waals surface area (Å²) in [5, 5.41) is 0.562. The molecule has 9 heteroatoms. The lowest BCUT2D eigenvalue weighted by Gasteiger charge is -2.34. The number of H-pyrrole nitrogens is 1. The molecule has 0 saturated carbocycles. The Morgan fingerprint density at radius 3 is 2.07 bits per heavy atom. The van der Waals surface area contributed by atoms with Gasteiger partial charge in [-0.3, -0.25) is 9.59 Å². The fraction of sp³-hybridized carbons (Fsp3) is 0.250. The van der Waals surface area contributed by atoms with E-state index >= 15 is 0 Å². The van der Waals surface area contributed by atoms with Gasteiger partial charge in [0.05, 0.1) is 11.0 Å². The van der Waals surface area contributed by atoms with Gasteiger partial charge in [-0.15, -0.1) is 0 Å². The monoisotopic (exact) mass is 418 g/mol. The summed E-state index contributed by atoms with van der Waals surface area (Å²) in [5.74, 6) is -0.732. The highest BCUT2D eigenvalue weighted by Crippen LogP contribution is 2.21. The molecular formula is C20H17ClF2N4O2. The van der Waals surface area contributed by atoms with E-state index in [9.17, 15) is 18.4 Å². The summed E-state index contributed by atoms with van der Waals surface area (Å²) in [7, 11) is 0. The average Bonchev–Trinajstić information content (AvgIpc) is 3.17. The molecule has 0 bridgehead atoms. The third kappa shape index (κ3) is 3.93. The van der Waals surface area contributed by atoms with E-state index in [1.807, 2.05) is 0 Å². The van der Waals surface area contributed by atoms with Gasteiger partial charge in [-0.05, 0) is 42.5 Å². The highest BCUT2D eigenvalue weighted by Gasteiger charge is 2.26. The van der Waals surface area contributed by atoms with Crippen LogP contribution in [-0.4, -0.2) is 57.8 Å². The van der Waals surface area contributed by atoms with Crippen LogP contribution in [0.4, 0.5) is 8.78 Å². The Morgan fingerprint density at radius 1 is 0.931 bits per heavy atom. The molecule has 4 rings (SSSR count). The molecular weight excluding hydrogens is 402 g/mol. The average molecular weight is 419 g/mol. The van der Waals surface area contributed by atoms with Gasteiger partial charge in [-0.25, -0.2) is 13.8 Å². The zero-order chi connectivity index (χ0) is 20.5. The van der Waals surface area contributed by atoms with Crippen LogP contribution < -0.4 is 0 Å². The molecule has 0 spiro atoms. The number of halogens is 3. The minimum atomic E-state index is -2.70. The third-order valence-corrected chi connectivity index (χ3v) is 5.15. The Hall–Kier alpha value is -3.00. The Bertz CT molecular complexity index is 1060. The zero-order valence-corrected chi connectivity index (χ0v) is 16.0. The van der Waals surface area contributed by atoms with Crippen LogP contribution in [0.5, 0.6) is 0 Å². The molecule has 2 heterocycles. The first-order valence-corrected chi connectivity index (χ1v) is 9.42. The molecule has 1 saturated heterocycles. The number of aromatic amines is 1. The number of nitrogens with one attached hydrogen (secondary N) is 1. The minimum Gasteiger partial charge on any atom is -0.337 e. The molecule has 1 N–H and O–H groups in total. The lowest BCUT2D eigenvalue weighted by atomic mass is 10.1. The summed E-state index contributed by atoms with van der Waals surface area (Å²) in [4.78, 5) is 35.1. The van der Waals surface area contributed by atoms with Crippen molar-refractivity contribution in [1.29, 1.82) is 0 Å². The van der Waals surface area contributed by atoms with E-state index < -0.39 is 12.2 Å². The van der Waals surface area contributed by atoms with Crippen LogP contribution in [-0.2, 0) is 0 Å². The quantitative estimate of drug-likeness (QED) is 0.704. The predicted octanol–water partition coefficient (Wildman–Crippen LogP) is 3.75.